The fraction of sp³-hybridized carbons (Fsp3) is 0.238. The normalized spacial score (nSPS) is 10.5. The van der Waals surface area contributed by atoms with Crippen molar-refractivity contribution in [2.45, 2.75) is 26.4 Å². The molecule has 0 fully saturated rings. The van der Waals surface area contributed by atoms with Crippen LogP contribution in [0.1, 0.15) is 23.4 Å². The smallest absolute Gasteiger partial charge is 0.305 e. The van der Waals surface area contributed by atoms with Crippen molar-refractivity contribution in [1.29, 1.82) is 0 Å². The van der Waals surface area contributed by atoms with E-state index in [4.69, 9.17) is 9.15 Å². The van der Waals surface area contributed by atoms with Crippen LogP contribution in [0.2, 0.25) is 0 Å². The van der Waals surface area contributed by atoms with Crippen molar-refractivity contribution < 1.29 is 18.7 Å². The molecule has 1 heterocycles. The van der Waals surface area contributed by atoms with E-state index in [-0.39, 0.29) is 5.97 Å². The number of nitrogens with zero attached hydrogens (tertiary/aromatic N) is 1. The molecule has 0 spiro atoms. The Kier molecular flexibility index (Phi) is 5.69. The molecule has 3 aromatic rings. The van der Waals surface area contributed by atoms with Gasteiger partial charge in [-0.05, 0) is 43.2 Å². The molecular weight excluding hydrogens is 330 g/mol. The van der Waals surface area contributed by atoms with Crippen LogP contribution in [0.15, 0.2) is 59.0 Å². The number of hydrogen-bond acceptors (Lipinski definition) is 5. The third-order valence-electron chi connectivity index (χ3n) is 4.03. The third kappa shape index (κ3) is 4.51. The summed E-state index contributed by atoms with van der Waals surface area (Å²) >= 11 is 0. The third-order valence-corrected chi connectivity index (χ3v) is 4.03. The van der Waals surface area contributed by atoms with E-state index in [1.165, 1.54) is 7.11 Å². The fourth-order valence-electron chi connectivity index (χ4n) is 2.56. The van der Waals surface area contributed by atoms with Gasteiger partial charge in [0.15, 0.2) is 0 Å². The van der Waals surface area contributed by atoms with E-state index in [9.17, 15) is 4.79 Å². The average molecular weight is 351 g/mol. The first-order valence-corrected chi connectivity index (χ1v) is 8.46. The molecule has 134 valence electrons. The lowest BCUT2D eigenvalue weighted by atomic mass is 10.1. The van der Waals surface area contributed by atoms with Crippen molar-refractivity contribution >= 4 is 5.97 Å². The second kappa shape index (κ2) is 8.34. The standard InChI is InChI=1S/C21H21NO4/c1-15-19(22-21(26-15)17-8-4-3-5-9-17)14-25-18-10-6-7-16(13-18)11-12-20(23)24-2/h3-10,13H,11-12,14H2,1-2H3. The molecule has 0 amide bonds. The Morgan fingerprint density at radius 2 is 1.92 bits per heavy atom. The second-order valence-corrected chi connectivity index (χ2v) is 5.90. The van der Waals surface area contributed by atoms with Crippen molar-refractivity contribution in [3.05, 3.63) is 71.6 Å². The number of carbonyl (C=O) groups excluding carboxylic acids is 1. The summed E-state index contributed by atoms with van der Waals surface area (Å²) in [6.45, 7) is 2.20. The van der Waals surface area contributed by atoms with Gasteiger partial charge >= 0.3 is 5.97 Å². The molecule has 0 atom stereocenters. The molecule has 0 saturated heterocycles. The summed E-state index contributed by atoms with van der Waals surface area (Å²) in [5, 5.41) is 0. The Labute approximate surface area is 152 Å². The van der Waals surface area contributed by atoms with Gasteiger partial charge in [0, 0.05) is 12.0 Å². The van der Waals surface area contributed by atoms with Gasteiger partial charge in [0.1, 0.15) is 23.8 Å². The van der Waals surface area contributed by atoms with E-state index < -0.39 is 0 Å². The average Bonchev–Trinajstić information content (AvgIpc) is 3.06. The van der Waals surface area contributed by atoms with Crippen molar-refractivity contribution in [3.63, 3.8) is 0 Å². The zero-order chi connectivity index (χ0) is 18.4. The molecule has 3 rings (SSSR count). The van der Waals surface area contributed by atoms with Crippen LogP contribution in [0.5, 0.6) is 5.75 Å². The van der Waals surface area contributed by atoms with E-state index >= 15 is 0 Å². The summed E-state index contributed by atoms with van der Waals surface area (Å²) in [7, 11) is 1.39. The number of rotatable bonds is 7. The molecular formula is C21H21NO4. The number of benzene rings is 2. The molecule has 0 unspecified atom stereocenters. The van der Waals surface area contributed by atoms with E-state index in [1.807, 2.05) is 61.5 Å². The molecule has 5 nitrogen and oxygen atoms in total. The molecule has 5 heteroatoms. The first kappa shape index (κ1) is 17.7. The fourth-order valence-corrected chi connectivity index (χ4v) is 2.56. The first-order chi connectivity index (χ1) is 12.7. The number of oxazole rings is 1. The summed E-state index contributed by atoms with van der Waals surface area (Å²) in [5.74, 6) is 1.85. The van der Waals surface area contributed by atoms with Gasteiger partial charge in [0.25, 0.3) is 0 Å². The zero-order valence-electron chi connectivity index (χ0n) is 14.9. The minimum absolute atomic E-state index is 0.219. The first-order valence-electron chi connectivity index (χ1n) is 8.46. The number of ether oxygens (including phenoxy) is 2. The minimum atomic E-state index is -0.219. The summed E-state index contributed by atoms with van der Waals surface area (Å²) in [5.41, 5.74) is 2.73. The van der Waals surface area contributed by atoms with Crippen LogP contribution in [-0.2, 0) is 22.6 Å². The SMILES string of the molecule is COC(=O)CCc1cccc(OCc2nc(-c3ccccc3)oc2C)c1. The lowest BCUT2D eigenvalue weighted by molar-refractivity contribution is -0.140. The highest BCUT2D eigenvalue weighted by atomic mass is 16.5. The molecule has 2 aromatic carbocycles. The number of hydrogen-bond donors (Lipinski definition) is 0. The van der Waals surface area contributed by atoms with E-state index in [2.05, 4.69) is 9.72 Å². The Morgan fingerprint density at radius 3 is 2.69 bits per heavy atom. The van der Waals surface area contributed by atoms with Crippen molar-refractivity contribution in [1.82, 2.24) is 4.98 Å². The van der Waals surface area contributed by atoms with E-state index in [0.29, 0.717) is 25.3 Å². The maximum absolute atomic E-state index is 11.3. The van der Waals surface area contributed by atoms with E-state index in [0.717, 1.165) is 28.3 Å². The minimum Gasteiger partial charge on any atom is -0.487 e. The Morgan fingerprint density at radius 1 is 1.12 bits per heavy atom. The molecule has 0 bridgehead atoms. The topological polar surface area (TPSA) is 61.6 Å². The number of carbonyl (C=O) groups is 1. The van der Waals surface area contributed by atoms with Crippen molar-refractivity contribution in [2.75, 3.05) is 7.11 Å². The highest BCUT2D eigenvalue weighted by molar-refractivity contribution is 5.69. The van der Waals surface area contributed by atoms with Crippen LogP contribution in [0.25, 0.3) is 11.5 Å². The molecule has 0 saturated carbocycles. The Balaban J connectivity index is 1.64. The van der Waals surface area contributed by atoms with Gasteiger partial charge in [-0.1, -0.05) is 30.3 Å². The van der Waals surface area contributed by atoms with Gasteiger partial charge in [-0.25, -0.2) is 4.98 Å². The number of aromatic nitrogens is 1. The largest absolute Gasteiger partial charge is 0.487 e. The molecule has 0 aliphatic heterocycles. The summed E-state index contributed by atoms with van der Waals surface area (Å²) in [6.07, 6.45) is 0.966. The van der Waals surface area contributed by atoms with Crippen LogP contribution in [0, 0.1) is 6.92 Å². The highest BCUT2D eigenvalue weighted by Gasteiger charge is 2.12. The van der Waals surface area contributed by atoms with Gasteiger partial charge in [-0.3, -0.25) is 4.79 Å². The molecule has 0 N–H and O–H groups in total. The quantitative estimate of drug-likeness (QED) is 0.593. The van der Waals surface area contributed by atoms with Gasteiger partial charge in [-0.2, -0.15) is 0 Å². The maximum Gasteiger partial charge on any atom is 0.305 e. The summed E-state index contributed by atoms with van der Waals surface area (Å²) < 4.78 is 16.3. The van der Waals surface area contributed by atoms with Crippen LogP contribution in [0.3, 0.4) is 0 Å². The predicted octanol–water partition coefficient (Wildman–Crippen LogP) is 4.33. The molecule has 1 aromatic heterocycles. The lowest BCUT2D eigenvalue weighted by Crippen LogP contribution is -2.02. The Bertz CT molecular complexity index is 871. The van der Waals surface area contributed by atoms with Gasteiger partial charge in [0.05, 0.1) is 7.11 Å². The highest BCUT2D eigenvalue weighted by Crippen LogP contribution is 2.23. The molecule has 0 aliphatic carbocycles. The van der Waals surface area contributed by atoms with Crippen LogP contribution in [0.4, 0.5) is 0 Å². The molecule has 26 heavy (non-hydrogen) atoms. The molecule has 0 radical (unpaired) electrons. The lowest BCUT2D eigenvalue weighted by Gasteiger charge is -2.07. The summed E-state index contributed by atoms with van der Waals surface area (Å²) in [4.78, 5) is 15.8. The van der Waals surface area contributed by atoms with Crippen LogP contribution in [-0.4, -0.2) is 18.1 Å². The maximum atomic E-state index is 11.3. The predicted molar refractivity (Wildman–Crippen MR) is 97.8 cm³/mol. The van der Waals surface area contributed by atoms with Crippen molar-refractivity contribution in [3.8, 4) is 17.2 Å². The van der Waals surface area contributed by atoms with Crippen molar-refractivity contribution in [2.24, 2.45) is 0 Å². The van der Waals surface area contributed by atoms with Gasteiger partial charge < -0.3 is 13.9 Å². The second-order valence-electron chi connectivity index (χ2n) is 5.90. The Hall–Kier alpha value is -3.08. The number of methoxy groups -OCH3 is 1. The van der Waals surface area contributed by atoms with Crippen LogP contribution >= 0.6 is 0 Å². The van der Waals surface area contributed by atoms with Gasteiger partial charge in [0.2, 0.25) is 5.89 Å². The molecule has 0 aliphatic rings. The van der Waals surface area contributed by atoms with Crippen LogP contribution < -0.4 is 4.74 Å². The van der Waals surface area contributed by atoms with E-state index in [1.54, 1.807) is 0 Å². The number of esters is 1. The zero-order valence-corrected chi connectivity index (χ0v) is 14.9. The van der Waals surface area contributed by atoms with Gasteiger partial charge in [-0.15, -0.1) is 0 Å². The number of aryl methyl sites for hydroxylation is 2. The monoisotopic (exact) mass is 351 g/mol. The summed E-state index contributed by atoms with van der Waals surface area (Å²) in [6, 6.07) is 17.5.